The molecule has 1 N–H and O–H groups in total. The van der Waals surface area contributed by atoms with Gasteiger partial charge in [0.2, 0.25) is 0 Å². The molecule has 0 aliphatic carbocycles. The lowest BCUT2D eigenvalue weighted by Gasteiger charge is -2.01. The molecule has 0 fully saturated rings. The summed E-state index contributed by atoms with van der Waals surface area (Å²) in [5.74, 6) is 2.06. The predicted octanol–water partition coefficient (Wildman–Crippen LogP) is 6.56. The van der Waals surface area contributed by atoms with Crippen LogP contribution in [0, 0.1) is 0 Å². The van der Waals surface area contributed by atoms with Crippen LogP contribution in [0.3, 0.4) is 0 Å². The molecule has 4 aromatic rings. The largest absolute Gasteiger partial charge is 0.453 e. The molecule has 6 heteroatoms. The fraction of sp³-hybridized carbons (Fsp3) is 0. The van der Waals surface area contributed by atoms with Gasteiger partial charge in [0.05, 0.1) is 11.0 Å². The molecule has 0 unspecified atom stereocenters. The Hall–Kier alpha value is -1.75. The van der Waals surface area contributed by atoms with Gasteiger partial charge >= 0.3 is 0 Å². The van der Waals surface area contributed by atoms with E-state index in [0.717, 1.165) is 26.8 Å². The second-order valence-electron chi connectivity index (χ2n) is 5.03. The number of imidazole rings is 1. The zero-order chi connectivity index (χ0) is 16.0. The van der Waals surface area contributed by atoms with Crippen LogP contribution in [0.2, 0.25) is 10.0 Å². The average Bonchev–Trinajstić information content (AvgIpc) is 3.12. The SMILES string of the molecule is Clc1ccc(-c2ccc(-c3nc4ccc(Cl)cc4[nH]3)o2)c(Br)c1. The van der Waals surface area contributed by atoms with Crippen LogP contribution in [0.25, 0.3) is 33.9 Å². The van der Waals surface area contributed by atoms with E-state index < -0.39 is 0 Å². The van der Waals surface area contributed by atoms with E-state index >= 15 is 0 Å². The summed E-state index contributed by atoms with van der Waals surface area (Å²) in [7, 11) is 0. The third-order valence-electron chi connectivity index (χ3n) is 3.48. The van der Waals surface area contributed by atoms with E-state index in [0.29, 0.717) is 21.6 Å². The first-order valence-corrected chi connectivity index (χ1v) is 8.36. The van der Waals surface area contributed by atoms with Gasteiger partial charge < -0.3 is 9.40 Å². The minimum Gasteiger partial charge on any atom is -0.453 e. The van der Waals surface area contributed by atoms with E-state index in [1.807, 2.05) is 48.5 Å². The molecule has 0 amide bonds. The smallest absolute Gasteiger partial charge is 0.174 e. The third-order valence-corrected chi connectivity index (χ3v) is 4.61. The Bertz CT molecular complexity index is 1020. The number of nitrogens with one attached hydrogen (secondary N) is 1. The molecule has 0 saturated heterocycles. The Morgan fingerprint density at radius 3 is 2.48 bits per heavy atom. The Kier molecular flexibility index (Phi) is 3.68. The van der Waals surface area contributed by atoms with Crippen LogP contribution >= 0.6 is 39.1 Å². The van der Waals surface area contributed by atoms with Gasteiger partial charge in [0.1, 0.15) is 5.76 Å². The van der Waals surface area contributed by atoms with Crippen molar-refractivity contribution in [2.24, 2.45) is 0 Å². The first-order chi connectivity index (χ1) is 11.1. The van der Waals surface area contributed by atoms with E-state index in [4.69, 9.17) is 27.6 Å². The Labute approximate surface area is 150 Å². The number of hydrogen-bond donors (Lipinski definition) is 1. The molecule has 0 saturated carbocycles. The van der Waals surface area contributed by atoms with E-state index in [2.05, 4.69) is 25.9 Å². The van der Waals surface area contributed by atoms with Crippen molar-refractivity contribution in [3.8, 4) is 22.9 Å². The molecule has 2 heterocycles. The van der Waals surface area contributed by atoms with Gasteiger partial charge in [-0.1, -0.05) is 23.2 Å². The summed E-state index contributed by atoms with van der Waals surface area (Å²) in [6, 6.07) is 14.9. The molecule has 2 aromatic heterocycles. The highest BCUT2D eigenvalue weighted by atomic mass is 79.9. The minimum atomic E-state index is 0.661. The number of benzene rings is 2. The number of aromatic nitrogens is 2. The summed E-state index contributed by atoms with van der Waals surface area (Å²) >= 11 is 15.5. The summed E-state index contributed by atoms with van der Waals surface area (Å²) < 4.78 is 6.81. The summed E-state index contributed by atoms with van der Waals surface area (Å²) in [4.78, 5) is 7.75. The van der Waals surface area contributed by atoms with Crippen molar-refractivity contribution >= 4 is 50.2 Å². The van der Waals surface area contributed by atoms with Crippen molar-refractivity contribution in [2.75, 3.05) is 0 Å². The van der Waals surface area contributed by atoms with Gasteiger partial charge in [-0.25, -0.2) is 4.98 Å². The van der Waals surface area contributed by atoms with Gasteiger partial charge in [0, 0.05) is 20.1 Å². The maximum absolute atomic E-state index is 6.00. The lowest BCUT2D eigenvalue weighted by molar-refractivity contribution is 0.593. The van der Waals surface area contributed by atoms with Crippen molar-refractivity contribution in [2.45, 2.75) is 0 Å². The van der Waals surface area contributed by atoms with Crippen molar-refractivity contribution in [3.63, 3.8) is 0 Å². The van der Waals surface area contributed by atoms with E-state index in [1.165, 1.54) is 0 Å². The molecule has 0 bridgehead atoms. The van der Waals surface area contributed by atoms with Crippen molar-refractivity contribution in [3.05, 3.63) is 63.0 Å². The molecule has 0 aliphatic heterocycles. The molecule has 3 nitrogen and oxygen atoms in total. The van der Waals surface area contributed by atoms with Gasteiger partial charge in [0.15, 0.2) is 11.6 Å². The van der Waals surface area contributed by atoms with Gasteiger partial charge in [0.25, 0.3) is 0 Å². The molecule has 114 valence electrons. The summed E-state index contributed by atoms with van der Waals surface area (Å²) in [6.07, 6.45) is 0. The number of hydrogen-bond acceptors (Lipinski definition) is 2. The maximum atomic E-state index is 6.00. The van der Waals surface area contributed by atoms with Gasteiger partial charge in [-0.05, 0) is 64.5 Å². The van der Waals surface area contributed by atoms with Crippen LogP contribution in [0.1, 0.15) is 0 Å². The number of halogens is 3. The first kappa shape index (κ1) is 14.8. The quantitative estimate of drug-likeness (QED) is 0.408. The van der Waals surface area contributed by atoms with Crippen LogP contribution in [0.15, 0.2) is 57.4 Å². The lowest BCUT2D eigenvalue weighted by atomic mass is 10.2. The van der Waals surface area contributed by atoms with E-state index in [9.17, 15) is 0 Å². The van der Waals surface area contributed by atoms with Crippen molar-refractivity contribution in [1.29, 1.82) is 0 Å². The van der Waals surface area contributed by atoms with Crippen molar-refractivity contribution in [1.82, 2.24) is 9.97 Å². The van der Waals surface area contributed by atoms with Crippen LogP contribution in [-0.4, -0.2) is 9.97 Å². The van der Waals surface area contributed by atoms with Crippen molar-refractivity contribution < 1.29 is 4.42 Å². The fourth-order valence-electron chi connectivity index (χ4n) is 2.40. The van der Waals surface area contributed by atoms with Crippen LogP contribution < -0.4 is 0 Å². The zero-order valence-corrected chi connectivity index (χ0v) is 14.7. The fourth-order valence-corrected chi connectivity index (χ4v) is 3.45. The number of fused-ring (bicyclic) bond motifs is 1. The second-order valence-corrected chi connectivity index (χ2v) is 6.76. The minimum absolute atomic E-state index is 0.661. The molecule has 23 heavy (non-hydrogen) atoms. The summed E-state index contributed by atoms with van der Waals surface area (Å²) in [6.45, 7) is 0. The first-order valence-electron chi connectivity index (χ1n) is 6.81. The summed E-state index contributed by atoms with van der Waals surface area (Å²) in [5.41, 5.74) is 2.65. The highest BCUT2D eigenvalue weighted by Gasteiger charge is 2.13. The highest BCUT2D eigenvalue weighted by Crippen LogP contribution is 2.34. The lowest BCUT2D eigenvalue weighted by Crippen LogP contribution is -1.77. The highest BCUT2D eigenvalue weighted by molar-refractivity contribution is 9.10. The third kappa shape index (κ3) is 2.78. The predicted molar refractivity (Wildman–Crippen MR) is 97.0 cm³/mol. The number of nitrogens with zero attached hydrogens (tertiary/aromatic N) is 1. The number of aromatic amines is 1. The zero-order valence-electron chi connectivity index (χ0n) is 11.6. The van der Waals surface area contributed by atoms with Gasteiger partial charge in [-0.15, -0.1) is 0 Å². The van der Waals surface area contributed by atoms with Crippen LogP contribution in [0.5, 0.6) is 0 Å². The Balaban J connectivity index is 1.76. The molecular weight excluding hydrogens is 399 g/mol. The van der Waals surface area contributed by atoms with E-state index in [-0.39, 0.29) is 0 Å². The molecular formula is C17H9BrCl2N2O. The summed E-state index contributed by atoms with van der Waals surface area (Å²) in [5, 5.41) is 1.33. The van der Waals surface area contributed by atoms with Crippen LogP contribution in [-0.2, 0) is 0 Å². The molecule has 0 spiro atoms. The second kappa shape index (κ2) is 5.71. The van der Waals surface area contributed by atoms with E-state index in [1.54, 1.807) is 0 Å². The molecule has 4 rings (SSSR count). The average molecular weight is 408 g/mol. The number of rotatable bonds is 2. The maximum Gasteiger partial charge on any atom is 0.174 e. The van der Waals surface area contributed by atoms with Gasteiger partial charge in [-0.2, -0.15) is 0 Å². The molecule has 2 aromatic carbocycles. The standard InChI is InChI=1S/C17H9BrCl2N2O/c18-12-7-9(19)1-3-11(12)15-5-6-16(23-15)17-21-13-4-2-10(20)8-14(13)22-17/h1-8H,(H,21,22). The topological polar surface area (TPSA) is 41.8 Å². The Morgan fingerprint density at radius 2 is 1.65 bits per heavy atom. The number of H-pyrrole nitrogens is 1. The van der Waals surface area contributed by atoms with Crippen LogP contribution in [0.4, 0.5) is 0 Å². The number of furan rings is 1. The molecule has 0 aliphatic rings. The molecule has 0 radical (unpaired) electrons. The molecule has 0 atom stereocenters. The monoisotopic (exact) mass is 406 g/mol. The Morgan fingerprint density at radius 1 is 0.913 bits per heavy atom. The van der Waals surface area contributed by atoms with Gasteiger partial charge in [-0.3, -0.25) is 0 Å². The normalized spacial score (nSPS) is 11.3.